The number of carbonyl (C=O) groups is 2. The predicted molar refractivity (Wildman–Crippen MR) is 97.9 cm³/mol. The number of para-hydroxylation sites is 2. The van der Waals surface area contributed by atoms with Gasteiger partial charge in [0.25, 0.3) is 0 Å². The Hall–Kier alpha value is -3.33. The highest BCUT2D eigenvalue weighted by Gasteiger charge is 2.36. The Morgan fingerprint density at radius 2 is 2.00 bits per heavy atom. The van der Waals surface area contributed by atoms with Crippen molar-refractivity contribution in [3.63, 3.8) is 0 Å². The minimum Gasteiger partial charge on any atom is -0.492 e. The van der Waals surface area contributed by atoms with Crippen LogP contribution in [0.5, 0.6) is 5.75 Å². The summed E-state index contributed by atoms with van der Waals surface area (Å²) in [6, 6.07) is 16.0. The molecule has 3 rings (SSSR count). The largest absolute Gasteiger partial charge is 0.492 e. The molecule has 0 aliphatic carbocycles. The van der Waals surface area contributed by atoms with Crippen LogP contribution in [0, 0.1) is 17.2 Å². The van der Waals surface area contributed by atoms with Crippen molar-refractivity contribution in [2.45, 2.75) is 13.3 Å². The number of nitrogens with zero attached hydrogens (tertiary/aromatic N) is 2. The Kier molecular flexibility index (Phi) is 5.18. The van der Waals surface area contributed by atoms with Gasteiger partial charge in [-0.3, -0.25) is 9.59 Å². The highest BCUT2D eigenvalue weighted by Crippen LogP contribution is 2.33. The van der Waals surface area contributed by atoms with Gasteiger partial charge in [-0.2, -0.15) is 5.26 Å². The van der Waals surface area contributed by atoms with Crippen LogP contribution in [0.4, 0.5) is 11.4 Å². The highest BCUT2D eigenvalue weighted by atomic mass is 16.5. The molecule has 0 unspecified atom stereocenters. The Labute approximate surface area is 152 Å². The van der Waals surface area contributed by atoms with Crippen LogP contribution < -0.4 is 15.0 Å². The van der Waals surface area contributed by atoms with Crippen LogP contribution in [0.1, 0.15) is 18.9 Å². The van der Waals surface area contributed by atoms with Crippen molar-refractivity contribution >= 4 is 23.2 Å². The second kappa shape index (κ2) is 7.70. The topological polar surface area (TPSA) is 82.4 Å². The van der Waals surface area contributed by atoms with Gasteiger partial charge in [0, 0.05) is 18.7 Å². The quantitative estimate of drug-likeness (QED) is 0.900. The van der Waals surface area contributed by atoms with E-state index >= 15 is 0 Å². The summed E-state index contributed by atoms with van der Waals surface area (Å²) in [5, 5.41) is 11.6. The number of hydrogen-bond acceptors (Lipinski definition) is 4. The number of nitriles is 1. The van der Waals surface area contributed by atoms with E-state index in [4.69, 9.17) is 10.00 Å². The van der Waals surface area contributed by atoms with Crippen molar-refractivity contribution in [2.24, 2.45) is 5.92 Å². The van der Waals surface area contributed by atoms with Crippen LogP contribution in [0.3, 0.4) is 0 Å². The normalized spacial score (nSPS) is 16.2. The van der Waals surface area contributed by atoms with Crippen LogP contribution in [-0.4, -0.2) is 25.0 Å². The van der Waals surface area contributed by atoms with E-state index in [0.717, 1.165) is 0 Å². The van der Waals surface area contributed by atoms with Crippen LogP contribution in [0.2, 0.25) is 0 Å². The second-order valence-corrected chi connectivity index (χ2v) is 5.98. The van der Waals surface area contributed by atoms with Gasteiger partial charge in [0.1, 0.15) is 5.75 Å². The third-order valence-electron chi connectivity index (χ3n) is 4.23. The fourth-order valence-corrected chi connectivity index (χ4v) is 2.95. The van der Waals surface area contributed by atoms with E-state index in [1.165, 1.54) is 0 Å². The number of ether oxygens (including phenoxy) is 1. The van der Waals surface area contributed by atoms with Gasteiger partial charge in [-0.1, -0.05) is 12.1 Å². The smallest absolute Gasteiger partial charge is 0.229 e. The molecule has 0 spiro atoms. The van der Waals surface area contributed by atoms with Crippen molar-refractivity contribution < 1.29 is 14.3 Å². The van der Waals surface area contributed by atoms with Gasteiger partial charge in [0.05, 0.1) is 29.8 Å². The molecule has 6 heteroatoms. The lowest BCUT2D eigenvalue weighted by atomic mass is 10.1. The molecule has 1 aliphatic rings. The van der Waals surface area contributed by atoms with Crippen molar-refractivity contribution in [3.8, 4) is 11.8 Å². The first-order valence-electron chi connectivity index (χ1n) is 8.45. The molecule has 0 aromatic heterocycles. The monoisotopic (exact) mass is 349 g/mol. The minimum atomic E-state index is -0.437. The van der Waals surface area contributed by atoms with Crippen LogP contribution in [0.25, 0.3) is 0 Å². The maximum Gasteiger partial charge on any atom is 0.229 e. The summed E-state index contributed by atoms with van der Waals surface area (Å²) in [6.45, 7) is 2.70. The molecule has 1 heterocycles. The van der Waals surface area contributed by atoms with Crippen LogP contribution >= 0.6 is 0 Å². The summed E-state index contributed by atoms with van der Waals surface area (Å²) in [4.78, 5) is 26.6. The Balaban J connectivity index is 1.71. The SMILES string of the molecule is CCOc1ccccc1N1C[C@H](C(=O)Nc2ccc(C#N)cc2)CC1=O. The number of rotatable bonds is 5. The molecule has 1 atom stereocenters. The molecule has 6 nitrogen and oxygen atoms in total. The van der Waals surface area contributed by atoms with Gasteiger partial charge in [0.2, 0.25) is 11.8 Å². The van der Waals surface area contributed by atoms with E-state index in [9.17, 15) is 9.59 Å². The fraction of sp³-hybridized carbons (Fsp3) is 0.250. The molecule has 0 bridgehead atoms. The zero-order chi connectivity index (χ0) is 18.5. The Morgan fingerprint density at radius 1 is 1.27 bits per heavy atom. The predicted octanol–water partition coefficient (Wildman–Crippen LogP) is 2.95. The first-order valence-corrected chi connectivity index (χ1v) is 8.45. The van der Waals surface area contributed by atoms with Gasteiger partial charge in [0.15, 0.2) is 0 Å². The molecular formula is C20H19N3O3. The van der Waals surface area contributed by atoms with E-state index in [-0.39, 0.29) is 18.2 Å². The summed E-state index contributed by atoms with van der Waals surface area (Å²) < 4.78 is 5.59. The lowest BCUT2D eigenvalue weighted by molar-refractivity contribution is -0.122. The lowest BCUT2D eigenvalue weighted by Gasteiger charge is -2.20. The van der Waals surface area contributed by atoms with Gasteiger partial charge < -0.3 is 15.0 Å². The number of benzene rings is 2. The van der Waals surface area contributed by atoms with Gasteiger partial charge in [-0.15, -0.1) is 0 Å². The minimum absolute atomic E-state index is 0.0999. The van der Waals surface area contributed by atoms with Crippen LogP contribution in [0.15, 0.2) is 48.5 Å². The molecule has 1 saturated heterocycles. The van der Waals surface area contributed by atoms with Gasteiger partial charge >= 0.3 is 0 Å². The summed E-state index contributed by atoms with van der Waals surface area (Å²) in [6.07, 6.45) is 0.155. The molecule has 2 amide bonds. The third kappa shape index (κ3) is 3.67. The second-order valence-electron chi connectivity index (χ2n) is 5.98. The average molecular weight is 349 g/mol. The Bertz CT molecular complexity index is 855. The summed E-state index contributed by atoms with van der Waals surface area (Å²) >= 11 is 0. The number of hydrogen-bond donors (Lipinski definition) is 1. The molecular weight excluding hydrogens is 330 g/mol. The van der Waals surface area contributed by atoms with Crippen LogP contribution in [-0.2, 0) is 9.59 Å². The van der Waals surface area contributed by atoms with E-state index in [1.54, 1.807) is 29.2 Å². The van der Waals surface area contributed by atoms with E-state index < -0.39 is 5.92 Å². The van der Waals surface area contributed by atoms with E-state index in [2.05, 4.69) is 5.32 Å². The summed E-state index contributed by atoms with van der Waals surface area (Å²) in [7, 11) is 0. The van der Waals surface area contributed by atoms with E-state index in [0.29, 0.717) is 35.8 Å². The molecule has 26 heavy (non-hydrogen) atoms. The van der Waals surface area contributed by atoms with Crippen molar-refractivity contribution in [3.05, 3.63) is 54.1 Å². The molecule has 1 aliphatic heterocycles. The van der Waals surface area contributed by atoms with E-state index in [1.807, 2.05) is 37.3 Å². The number of carbonyl (C=O) groups excluding carboxylic acids is 2. The third-order valence-corrected chi connectivity index (χ3v) is 4.23. The highest BCUT2D eigenvalue weighted by molar-refractivity contribution is 6.04. The first kappa shape index (κ1) is 17.5. The van der Waals surface area contributed by atoms with Crippen molar-refractivity contribution in [2.75, 3.05) is 23.4 Å². The van der Waals surface area contributed by atoms with Gasteiger partial charge in [-0.05, 0) is 43.3 Å². The molecule has 132 valence electrons. The standard InChI is InChI=1S/C20H19N3O3/c1-2-26-18-6-4-3-5-17(18)23-13-15(11-19(23)24)20(25)22-16-9-7-14(12-21)8-10-16/h3-10,15H,2,11,13H2,1H3,(H,22,25)/t15-/m1/s1. The Morgan fingerprint density at radius 3 is 2.69 bits per heavy atom. The fourth-order valence-electron chi connectivity index (χ4n) is 2.95. The average Bonchev–Trinajstić information content (AvgIpc) is 3.05. The van der Waals surface area contributed by atoms with Crippen molar-refractivity contribution in [1.29, 1.82) is 5.26 Å². The van der Waals surface area contributed by atoms with Gasteiger partial charge in [-0.25, -0.2) is 0 Å². The summed E-state index contributed by atoms with van der Waals surface area (Å²) in [5.41, 5.74) is 1.82. The molecule has 2 aromatic rings. The first-order chi connectivity index (χ1) is 12.6. The lowest BCUT2D eigenvalue weighted by Crippen LogP contribution is -2.28. The number of nitrogens with one attached hydrogen (secondary N) is 1. The zero-order valence-corrected chi connectivity index (χ0v) is 14.4. The maximum absolute atomic E-state index is 12.5. The number of amides is 2. The number of anilines is 2. The maximum atomic E-state index is 12.5. The van der Waals surface area contributed by atoms with Crippen molar-refractivity contribution in [1.82, 2.24) is 0 Å². The zero-order valence-electron chi connectivity index (χ0n) is 14.4. The molecule has 1 N–H and O–H groups in total. The molecule has 1 fully saturated rings. The molecule has 0 saturated carbocycles. The summed E-state index contributed by atoms with van der Waals surface area (Å²) in [5.74, 6) is -0.110. The molecule has 0 radical (unpaired) electrons. The molecule has 2 aromatic carbocycles.